The first-order valence-corrected chi connectivity index (χ1v) is 8.55. The lowest BCUT2D eigenvalue weighted by Gasteiger charge is -2.26. The minimum atomic E-state index is -4.14. The summed E-state index contributed by atoms with van der Waals surface area (Å²) >= 11 is 0. The van der Waals surface area contributed by atoms with Gasteiger partial charge in [-0.05, 0) is 26.0 Å². The van der Waals surface area contributed by atoms with Crippen LogP contribution in [0.3, 0.4) is 0 Å². The minimum Gasteiger partial charge on any atom is -0.507 e. The molecule has 0 fully saturated rings. The molecule has 8 nitrogen and oxygen atoms in total. The summed E-state index contributed by atoms with van der Waals surface area (Å²) in [7, 11) is -4.14. The van der Waals surface area contributed by atoms with Gasteiger partial charge >= 0.3 is 5.97 Å². The van der Waals surface area contributed by atoms with E-state index in [1.807, 2.05) is 0 Å². The molecule has 0 aliphatic rings. The molecule has 0 saturated heterocycles. The predicted molar refractivity (Wildman–Crippen MR) is 81.5 cm³/mol. The Morgan fingerprint density at radius 2 is 1.78 bits per heavy atom. The smallest absolute Gasteiger partial charge is 0.305 e. The summed E-state index contributed by atoms with van der Waals surface area (Å²) in [6.07, 6.45) is -1.58. The molecule has 1 atom stereocenters. The number of ether oxygens (including phenoxy) is 2. The Morgan fingerprint density at radius 3 is 2.26 bits per heavy atom. The molecule has 0 aromatic heterocycles. The van der Waals surface area contributed by atoms with Gasteiger partial charge in [-0.3, -0.25) is 4.79 Å². The number of benzene rings is 1. The van der Waals surface area contributed by atoms with Gasteiger partial charge in [-0.2, -0.15) is 0 Å². The van der Waals surface area contributed by atoms with E-state index in [1.54, 1.807) is 13.8 Å². The number of aliphatic carboxylic acids is 1. The van der Waals surface area contributed by atoms with Crippen molar-refractivity contribution in [3.63, 3.8) is 0 Å². The van der Waals surface area contributed by atoms with E-state index in [0.717, 1.165) is 0 Å². The lowest BCUT2D eigenvalue weighted by molar-refractivity contribution is -0.160. The van der Waals surface area contributed by atoms with Crippen molar-refractivity contribution in [3.05, 3.63) is 24.3 Å². The average Bonchev–Trinajstić information content (AvgIpc) is 2.46. The number of nitrogens with one attached hydrogen (secondary N) is 1. The number of carboxylic acid groups (broad SMARTS) is 1. The van der Waals surface area contributed by atoms with E-state index in [9.17, 15) is 18.3 Å². The molecule has 23 heavy (non-hydrogen) atoms. The quantitative estimate of drug-likeness (QED) is 0.538. The second-order valence-electron chi connectivity index (χ2n) is 4.57. The van der Waals surface area contributed by atoms with Crippen molar-refractivity contribution < 1.29 is 32.9 Å². The van der Waals surface area contributed by atoms with Gasteiger partial charge in [0.15, 0.2) is 6.29 Å². The Labute approximate surface area is 135 Å². The Hall–Kier alpha value is -1.68. The standard InChI is InChI=1S/C14H21NO7S/c1-3-21-14(22-4-2)10(9-13(17)18)15-23(19,20)12-8-6-5-7-11(12)16/h5-8,10,14-16H,3-4,9H2,1-2H3,(H,17,18). The molecule has 1 unspecified atom stereocenters. The molecule has 0 heterocycles. The Kier molecular flexibility index (Phi) is 7.43. The number of phenolic OH excluding ortho intramolecular Hbond substituents is 1. The fourth-order valence-electron chi connectivity index (χ4n) is 1.94. The highest BCUT2D eigenvalue weighted by Crippen LogP contribution is 2.22. The molecule has 0 aliphatic heterocycles. The number of carboxylic acids is 1. The summed E-state index contributed by atoms with van der Waals surface area (Å²) in [6, 6.07) is 4.22. The third kappa shape index (κ3) is 5.79. The summed E-state index contributed by atoms with van der Waals surface area (Å²) in [5.41, 5.74) is 0. The van der Waals surface area contributed by atoms with Gasteiger partial charge in [-0.25, -0.2) is 13.1 Å². The number of phenols is 1. The lowest BCUT2D eigenvalue weighted by atomic mass is 10.2. The van der Waals surface area contributed by atoms with Crippen molar-refractivity contribution in [2.75, 3.05) is 13.2 Å². The average molecular weight is 347 g/mol. The van der Waals surface area contributed by atoms with E-state index < -0.39 is 40.5 Å². The molecular weight excluding hydrogens is 326 g/mol. The van der Waals surface area contributed by atoms with Gasteiger partial charge in [0.2, 0.25) is 10.0 Å². The van der Waals surface area contributed by atoms with Crippen molar-refractivity contribution in [1.82, 2.24) is 4.72 Å². The molecule has 1 rings (SSSR count). The number of carbonyl (C=O) groups is 1. The van der Waals surface area contributed by atoms with Crippen LogP contribution in [0.5, 0.6) is 5.75 Å². The monoisotopic (exact) mass is 347 g/mol. The summed E-state index contributed by atoms with van der Waals surface area (Å²) < 4.78 is 37.6. The summed E-state index contributed by atoms with van der Waals surface area (Å²) in [6.45, 7) is 3.81. The molecule has 0 radical (unpaired) electrons. The Morgan fingerprint density at radius 1 is 1.22 bits per heavy atom. The fourth-order valence-corrected chi connectivity index (χ4v) is 3.26. The fraction of sp³-hybridized carbons (Fsp3) is 0.500. The van der Waals surface area contributed by atoms with Gasteiger partial charge in [0.1, 0.15) is 10.6 Å². The number of hydrogen-bond donors (Lipinski definition) is 3. The van der Waals surface area contributed by atoms with E-state index in [0.29, 0.717) is 0 Å². The van der Waals surface area contributed by atoms with Gasteiger partial charge in [-0.15, -0.1) is 0 Å². The first-order valence-electron chi connectivity index (χ1n) is 7.07. The van der Waals surface area contributed by atoms with Crippen LogP contribution in [0.4, 0.5) is 0 Å². The molecule has 130 valence electrons. The topological polar surface area (TPSA) is 122 Å². The molecule has 1 aromatic rings. The largest absolute Gasteiger partial charge is 0.507 e. The van der Waals surface area contributed by atoms with Crippen molar-refractivity contribution >= 4 is 16.0 Å². The molecule has 3 N–H and O–H groups in total. The lowest BCUT2D eigenvalue weighted by Crippen LogP contribution is -2.47. The molecule has 0 spiro atoms. The molecule has 1 aromatic carbocycles. The van der Waals surface area contributed by atoms with Crippen LogP contribution in [0.25, 0.3) is 0 Å². The van der Waals surface area contributed by atoms with E-state index in [-0.39, 0.29) is 18.1 Å². The Bertz CT molecular complexity index is 611. The maximum absolute atomic E-state index is 12.4. The zero-order valence-corrected chi connectivity index (χ0v) is 13.7. The minimum absolute atomic E-state index is 0.221. The maximum atomic E-state index is 12.4. The van der Waals surface area contributed by atoms with Crippen LogP contribution in [0, 0.1) is 0 Å². The van der Waals surface area contributed by atoms with Crippen LogP contribution in [0.2, 0.25) is 0 Å². The zero-order chi connectivity index (χ0) is 17.5. The van der Waals surface area contributed by atoms with Crippen molar-refractivity contribution in [3.8, 4) is 5.75 Å². The van der Waals surface area contributed by atoms with Crippen LogP contribution < -0.4 is 4.72 Å². The van der Waals surface area contributed by atoms with Gasteiger partial charge in [0.05, 0.1) is 12.5 Å². The normalized spacial score (nSPS) is 13.2. The summed E-state index contributed by atoms with van der Waals surface area (Å²) in [4.78, 5) is 10.7. The van der Waals surface area contributed by atoms with Crippen molar-refractivity contribution in [2.24, 2.45) is 0 Å². The van der Waals surface area contributed by atoms with Crippen LogP contribution in [-0.4, -0.2) is 50.1 Å². The van der Waals surface area contributed by atoms with Gasteiger partial charge in [0, 0.05) is 13.2 Å². The molecular formula is C14H21NO7S. The van der Waals surface area contributed by atoms with Crippen molar-refractivity contribution in [2.45, 2.75) is 37.5 Å². The summed E-state index contributed by atoms with van der Waals surface area (Å²) in [5, 5.41) is 18.7. The molecule has 0 amide bonds. The number of rotatable bonds is 10. The van der Waals surface area contributed by atoms with Gasteiger partial charge in [0.25, 0.3) is 0 Å². The second kappa shape index (κ2) is 8.82. The highest BCUT2D eigenvalue weighted by atomic mass is 32.2. The number of aromatic hydroxyl groups is 1. The van der Waals surface area contributed by atoms with Gasteiger partial charge in [-0.1, -0.05) is 12.1 Å². The van der Waals surface area contributed by atoms with E-state index in [2.05, 4.69) is 4.72 Å². The van der Waals surface area contributed by atoms with Crippen LogP contribution >= 0.6 is 0 Å². The molecule has 0 bridgehead atoms. The van der Waals surface area contributed by atoms with E-state index in [1.165, 1.54) is 24.3 Å². The molecule has 0 saturated carbocycles. The van der Waals surface area contributed by atoms with Gasteiger partial charge < -0.3 is 19.7 Å². The van der Waals surface area contributed by atoms with Crippen LogP contribution in [-0.2, 0) is 24.3 Å². The van der Waals surface area contributed by atoms with Crippen LogP contribution in [0.15, 0.2) is 29.2 Å². The molecule has 9 heteroatoms. The second-order valence-corrected chi connectivity index (χ2v) is 6.25. The molecule has 0 aliphatic carbocycles. The highest BCUT2D eigenvalue weighted by molar-refractivity contribution is 7.89. The van der Waals surface area contributed by atoms with Crippen molar-refractivity contribution in [1.29, 1.82) is 0 Å². The summed E-state index contributed by atoms with van der Waals surface area (Å²) in [5.74, 6) is -1.64. The number of para-hydroxylation sites is 1. The SMILES string of the molecule is CCOC(OCC)C(CC(=O)O)NS(=O)(=O)c1ccccc1O. The first-order chi connectivity index (χ1) is 10.8. The maximum Gasteiger partial charge on any atom is 0.305 e. The predicted octanol–water partition coefficient (Wildman–Crippen LogP) is 0.913. The van der Waals surface area contributed by atoms with Crippen LogP contribution in [0.1, 0.15) is 20.3 Å². The highest BCUT2D eigenvalue weighted by Gasteiger charge is 2.31. The first kappa shape index (κ1) is 19.4. The third-order valence-corrected chi connectivity index (χ3v) is 4.38. The number of hydrogen-bond acceptors (Lipinski definition) is 6. The number of sulfonamides is 1. The van der Waals surface area contributed by atoms with E-state index >= 15 is 0 Å². The van der Waals surface area contributed by atoms with E-state index in [4.69, 9.17) is 14.6 Å². The third-order valence-electron chi connectivity index (χ3n) is 2.85. The Balaban J connectivity index is 3.08. The zero-order valence-electron chi connectivity index (χ0n) is 12.9.